The molecule has 1 saturated heterocycles. The Morgan fingerprint density at radius 3 is 2.39 bits per heavy atom. The van der Waals surface area contributed by atoms with Crippen LogP contribution in [0.3, 0.4) is 0 Å². The summed E-state index contributed by atoms with van der Waals surface area (Å²) in [7, 11) is 0. The largest absolute Gasteiger partial charge is 0.457 e. The minimum Gasteiger partial charge on any atom is -0.457 e. The predicted octanol–water partition coefficient (Wildman–Crippen LogP) is 3.73. The molecular formula is C20H22N2O. The Labute approximate surface area is 137 Å². The summed E-state index contributed by atoms with van der Waals surface area (Å²) < 4.78 is 6.07. The van der Waals surface area contributed by atoms with Crippen LogP contribution in [0.25, 0.3) is 0 Å². The van der Waals surface area contributed by atoms with Gasteiger partial charge in [-0.05, 0) is 18.6 Å². The standard InChI is InChI=1S/C20H22N2O/c1-2-12-22-13-11-15(14-22)21-20-16-7-3-5-9-18(16)23-19-10-6-4-8-17(19)20/h2-10,15,20-21H,1,11-14H2. The van der Waals surface area contributed by atoms with E-state index in [1.807, 2.05) is 18.2 Å². The van der Waals surface area contributed by atoms with E-state index in [-0.39, 0.29) is 6.04 Å². The van der Waals surface area contributed by atoms with Crippen LogP contribution in [0.1, 0.15) is 23.6 Å². The van der Waals surface area contributed by atoms with Gasteiger partial charge in [0.25, 0.3) is 0 Å². The lowest BCUT2D eigenvalue weighted by molar-refractivity contribution is 0.352. The van der Waals surface area contributed by atoms with Crippen molar-refractivity contribution in [1.82, 2.24) is 10.2 Å². The second-order valence-electron chi connectivity index (χ2n) is 6.31. The fourth-order valence-electron chi connectivity index (χ4n) is 3.64. The van der Waals surface area contributed by atoms with E-state index < -0.39 is 0 Å². The van der Waals surface area contributed by atoms with Crippen molar-refractivity contribution < 1.29 is 4.74 Å². The molecule has 3 heteroatoms. The van der Waals surface area contributed by atoms with Gasteiger partial charge in [-0.3, -0.25) is 4.90 Å². The Morgan fingerprint density at radius 1 is 1.09 bits per heavy atom. The third-order valence-corrected chi connectivity index (χ3v) is 4.74. The van der Waals surface area contributed by atoms with E-state index in [2.05, 4.69) is 53.2 Å². The fourth-order valence-corrected chi connectivity index (χ4v) is 3.64. The second-order valence-corrected chi connectivity index (χ2v) is 6.31. The van der Waals surface area contributed by atoms with Crippen molar-refractivity contribution in [2.24, 2.45) is 0 Å². The summed E-state index contributed by atoms with van der Waals surface area (Å²) in [6.45, 7) is 7.03. The molecule has 118 valence electrons. The van der Waals surface area contributed by atoms with Gasteiger partial charge in [0, 0.05) is 36.8 Å². The van der Waals surface area contributed by atoms with Crippen LogP contribution in [-0.2, 0) is 0 Å². The van der Waals surface area contributed by atoms with E-state index in [0.29, 0.717) is 6.04 Å². The number of benzene rings is 2. The molecule has 1 atom stereocenters. The van der Waals surface area contributed by atoms with Crippen molar-refractivity contribution in [3.05, 3.63) is 72.3 Å². The molecule has 2 aliphatic heterocycles. The molecule has 2 aliphatic rings. The summed E-state index contributed by atoms with van der Waals surface area (Å²) in [5.74, 6) is 1.93. The van der Waals surface area contributed by atoms with E-state index in [0.717, 1.165) is 31.1 Å². The van der Waals surface area contributed by atoms with Crippen molar-refractivity contribution in [3.63, 3.8) is 0 Å². The minimum atomic E-state index is 0.199. The number of rotatable bonds is 4. The van der Waals surface area contributed by atoms with Gasteiger partial charge in [0.2, 0.25) is 0 Å². The molecule has 0 radical (unpaired) electrons. The van der Waals surface area contributed by atoms with Crippen LogP contribution in [0.4, 0.5) is 0 Å². The molecule has 0 saturated carbocycles. The maximum absolute atomic E-state index is 6.07. The average molecular weight is 306 g/mol. The zero-order valence-corrected chi connectivity index (χ0v) is 13.2. The van der Waals surface area contributed by atoms with Gasteiger partial charge in [0.15, 0.2) is 0 Å². The van der Waals surface area contributed by atoms with Gasteiger partial charge in [-0.1, -0.05) is 42.5 Å². The van der Waals surface area contributed by atoms with Gasteiger partial charge >= 0.3 is 0 Å². The molecule has 2 aromatic rings. The number of nitrogens with one attached hydrogen (secondary N) is 1. The van der Waals surface area contributed by atoms with Gasteiger partial charge in [-0.2, -0.15) is 0 Å². The molecule has 0 spiro atoms. The smallest absolute Gasteiger partial charge is 0.132 e. The first-order valence-electron chi connectivity index (χ1n) is 8.30. The average Bonchev–Trinajstić information content (AvgIpc) is 3.02. The third kappa shape index (κ3) is 2.78. The van der Waals surface area contributed by atoms with Gasteiger partial charge < -0.3 is 10.1 Å². The van der Waals surface area contributed by atoms with Gasteiger partial charge in [0.1, 0.15) is 11.5 Å². The molecule has 0 bridgehead atoms. The highest BCUT2D eigenvalue weighted by Crippen LogP contribution is 2.42. The zero-order valence-electron chi connectivity index (χ0n) is 13.2. The molecule has 1 N–H and O–H groups in total. The molecule has 2 heterocycles. The van der Waals surface area contributed by atoms with E-state index in [1.165, 1.54) is 17.5 Å². The van der Waals surface area contributed by atoms with Crippen LogP contribution in [0, 0.1) is 0 Å². The number of ether oxygens (including phenoxy) is 1. The molecular weight excluding hydrogens is 284 g/mol. The molecule has 0 aromatic heterocycles. The van der Waals surface area contributed by atoms with Crippen LogP contribution in [0.2, 0.25) is 0 Å². The normalized spacial score (nSPS) is 20.6. The Bertz CT molecular complexity index is 667. The molecule has 1 unspecified atom stereocenters. The molecule has 1 fully saturated rings. The number of likely N-dealkylation sites (tertiary alicyclic amines) is 1. The lowest BCUT2D eigenvalue weighted by Gasteiger charge is -2.31. The maximum Gasteiger partial charge on any atom is 0.132 e. The van der Waals surface area contributed by atoms with Crippen molar-refractivity contribution >= 4 is 0 Å². The third-order valence-electron chi connectivity index (χ3n) is 4.74. The van der Waals surface area contributed by atoms with Crippen molar-refractivity contribution in [3.8, 4) is 11.5 Å². The van der Waals surface area contributed by atoms with E-state index in [4.69, 9.17) is 4.74 Å². The molecule has 0 aliphatic carbocycles. The maximum atomic E-state index is 6.07. The molecule has 2 aromatic carbocycles. The first kappa shape index (κ1) is 14.5. The first-order chi connectivity index (χ1) is 11.3. The van der Waals surface area contributed by atoms with E-state index in [1.54, 1.807) is 0 Å². The van der Waals surface area contributed by atoms with E-state index >= 15 is 0 Å². The summed E-state index contributed by atoms with van der Waals surface area (Å²) in [6.07, 6.45) is 3.16. The highest BCUT2D eigenvalue weighted by Gasteiger charge is 2.30. The van der Waals surface area contributed by atoms with Crippen LogP contribution in [0.15, 0.2) is 61.2 Å². The highest BCUT2D eigenvalue weighted by atomic mass is 16.5. The Hall–Kier alpha value is -2.10. The Morgan fingerprint density at radius 2 is 1.74 bits per heavy atom. The molecule has 23 heavy (non-hydrogen) atoms. The Kier molecular flexibility index (Phi) is 3.90. The van der Waals surface area contributed by atoms with Gasteiger partial charge in [-0.15, -0.1) is 6.58 Å². The lowest BCUT2D eigenvalue weighted by atomic mass is 9.94. The predicted molar refractivity (Wildman–Crippen MR) is 93.0 cm³/mol. The minimum absolute atomic E-state index is 0.199. The van der Waals surface area contributed by atoms with Gasteiger partial charge in [0.05, 0.1) is 6.04 Å². The number of fused-ring (bicyclic) bond motifs is 2. The summed E-state index contributed by atoms with van der Waals surface area (Å²) in [5, 5.41) is 3.86. The van der Waals surface area contributed by atoms with Gasteiger partial charge in [-0.25, -0.2) is 0 Å². The number of hydrogen-bond donors (Lipinski definition) is 1. The number of para-hydroxylation sites is 2. The summed E-state index contributed by atoms with van der Waals surface area (Å²) in [4.78, 5) is 2.45. The van der Waals surface area contributed by atoms with Crippen molar-refractivity contribution in [2.75, 3.05) is 19.6 Å². The first-order valence-corrected chi connectivity index (χ1v) is 8.30. The zero-order chi connectivity index (χ0) is 15.6. The SMILES string of the molecule is C=CCN1CCC(NC2c3ccccc3Oc3ccccc32)C1. The van der Waals surface area contributed by atoms with E-state index in [9.17, 15) is 0 Å². The fraction of sp³-hybridized carbons (Fsp3) is 0.300. The number of nitrogens with zero attached hydrogens (tertiary/aromatic N) is 1. The summed E-state index contributed by atoms with van der Waals surface area (Å²) in [5.41, 5.74) is 2.46. The molecule has 4 rings (SSSR count). The molecule has 3 nitrogen and oxygen atoms in total. The second kappa shape index (κ2) is 6.19. The topological polar surface area (TPSA) is 24.5 Å². The Balaban J connectivity index is 1.62. The van der Waals surface area contributed by atoms with Crippen molar-refractivity contribution in [2.45, 2.75) is 18.5 Å². The summed E-state index contributed by atoms with van der Waals surface area (Å²) >= 11 is 0. The monoisotopic (exact) mass is 306 g/mol. The van der Waals surface area contributed by atoms with Crippen LogP contribution < -0.4 is 10.1 Å². The quantitative estimate of drug-likeness (QED) is 0.871. The highest BCUT2D eigenvalue weighted by molar-refractivity contribution is 5.52. The number of hydrogen-bond acceptors (Lipinski definition) is 3. The summed E-state index contributed by atoms with van der Waals surface area (Å²) in [6, 6.07) is 17.4. The van der Waals surface area contributed by atoms with Crippen LogP contribution >= 0.6 is 0 Å². The van der Waals surface area contributed by atoms with Crippen molar-refractivity contribution in [1.29, 1.82) is 0 Å². The molecule has 0 amide bonds. The van der Waals surface area contributed by atoms with Crippen LogP contribution in [0.5, 0.6) is 11.5 Å². The van der Waals surface area contributed by atoms with Crippen LogP contribution in [-0.4, -0.2) is 30.6 Å². The lowest BCUT2D eigenvalue weighted by Crippen LogP contribution is -2.37.